The van der Waals surface area contributed by atoms with Gasteiger partial charge >= 0.3 is 6.09 Å². The van der Waals surface area contributed by atoms with E-state index in [1.807, 2.05) is 32.9 Å². The normalized spacial score (nSPS) is 11.4. The van der Waals surface area contributed by atoms with Crippen LogP contribution in [0.3, 0.4) is 0 Å². The van der Waals surface area contributed by atoms with Crippen LogP contribution in [0.25, 0.3) is 10.2 Å². The van der Waals surface area contributed by atoms with E-state index in [-0.39, 0.29) is 12.0 Å². The first-order valence-corrected chi connectivity index (χ1v) is 10.3. The van der Waals surface area contributed by atoms with Crippen LogP contribution in [-0.2, 0) is 9.53 Å². The molecular weight excluding hydrogens is 386 g/mol. The Balaban J connectivity index is 1.57. The van der Waals surface area contributed by atoms with Gasteiger partial charge in [-0.3, -0.25) is 4.79 Å². The fraction of sp³-hybridized carbons (Fsp3) is 0.526. The van der Waals surface area contributed by atoms with Crippen molar-refractivity contribution in [1.29, 1.82) is 0 Å². The van der Waals surface area contributed by atoms with Gasteiger partial charge in [0.1, 0.15) is 5.60 Å². The number of anilines is 1. The van der Waals surface area contributed by atoms with E-state index in [1.165, 1.54) is 11.3 Å². The number of fused-ring (bicyclic) bond motifs is 1. The van der Waals surface area contributed by atoms with Crippen LogP contribution in [0.4, 0.5) is 9.93 Å². The van der Waals surface area contributed by atoms with Gasteiger partial charge in [-0.05, 0) is 51.8 Å². The first-order chi connectivity index (χ1) is 12.7. The van der Waals surface area contributed by atoms with Crippen molar-refractivity contribution in [1.82, 2.24) is 10.3 Å². The van der Waals surface area contributed by atoms with Crippen molar-refractivity contribution < 1.29 is 14.3 Å². The fourth-order valence-electron chi connectivity index (χ4n) is 2.40. The number of thiazole rings is 1. The number of halogens is 1. The molecule has 0 aliphatic heterocycles. The summed E-state index contributed by atoms with van der Waals surface area (Å²) < 4.78 is 6.12. The summed E-state index contributed by atoms with van der Waals surface area (Å²) >= 11 is 7.38. The number of amides is 2. The van der Waals surface area contributed by atoms with Crippen molar-refractivity contribution in [2.24, 2.45) is 0 Å². The number of ether oxygens (including phenoxy) is 1. The zero-order valence-corrected chi connectivity index (χ0v) is 17.5. The molecule has 1 aromatic carbocycles. The molecule has 0 saturated carbocycles. The minimum atomic E-state index is -0.479. The van der Waals surface area contributed by atoms with Crippen molar-refractivity contribution >= 4 is 50.3 Å². The quantitative estimate of drug-likeness (QED) is 0.572. The van der Waals surface area contributed by atoms with Crippen molar-refractivity contribution in [3.8, 4) is 0 Å². The van der Waals surface area contributed by atoms with Gasteiger partial charge < -0.3 is 15.4 Å². The van der Waals surface area contributed by atoms with Gasteiger partial charge in [-0.2, -0.15) is 0 Å². The Kier molecular flexibility index (Phi) is 7.86. The highest BCUT2D eigenvalue weighted by atomic mass is 35.5. The van der Waals surface area contributed by atoms with Crippen molar-refractivity contribution in [3.63, 3.8) is 0 Å². The molecule has 1 heterocycles. The van der Waals surface area contributed by atoms with Gasteiger partial charge in [0.2, 0.25) is 5.91 Å². The molecule has 1 aromatic heterocycles. The highest BCUT2D eigenvalue weighted by Gasteiger charge is 2.15. The summed E-state index contributed by atoms with van der Waals surface area (Å²) in [6, 6.07) is 5.47. The number of hydrogen-bond acceptors (Lipinski definition) is 5. The molecule has 2 N–H and O–H groups in total. The van der Waals surface area contributed by atoms with Crippen LogP contribution in [0, 0.1) is 0 Å². The summed E-state index contributed by atoms with van der Waals surface area (Å²) in [6.07, 6.45) is 3.60. The largest absolute Gasteiger partial charge is 0.444 e. The number of unbranched alkanes of at least 4 members (excludes halogenated alkanes) is 3. The predicted molar refractivity (Wildman–Crippen MR) is 111 cm³/mol. The summed E-state index contributed by atoms with van der Waals surface area (Å²) in [5.41, 5.74) is 0.352. The highest BCUT2D eigenvalue weighted by molar-refractivity contribution is 7.22. The maximum atomic E-state index is 12.0. The summed E-state index contributed by atoms with van der Waals surface area (Å²) in [7, 11) is 0. The second-order valence-corrected chi connectivity index (χ2v) is 8.74. The third-order valence-electron chi connectivity index (χ3n) is 3.60. The molecule has 6 nitrogen and oxygen atoms in total. The molecule has 2 amide bonds. The summed E-state index contributed by atoms with van der Waals surface area (Å²) in [4.78, 5) is 27.9. The highest BCUT2D eigenvalue weighted by Crippen LogP contribution is 2.28. The molecule has 8 heteroatoms. The number of carbonyl (C=O) groups is 2. The Morgan fingerprint density at radius 1 is 1.19 bits per heavy atom. The number of benzene rings is 1. The molecule has 0 bridgehead atoms. The number of rotatable bonds is 8. The van der Waals surface area contributed by atoms with Gasteiger partial charge in [-0.25, -0.2) is 9.78 Å². The minimum Gasteiger partial charge on any atom is -0.444 e. The Labute approximate surface area is 168 Å². The van der Waals surface area contributed by atoms with Gasteiger partial charge in [-0.15, -0.1) is 0 Å². The first-order valence-electron chi connectivity index (χ1n) is 9.06. The molecule has 0 aliphatic rings. The van der Waals surface area contributed by atoms with E-state index in [9.17, 15) is 9.59 Å². The predicted octanol–water partition coefficient (Wildman–Crippen LogP) is 5.36. The van der Waals surface area contributed by atoms with Crippen molar-refractivity contribution in [3.05, 3.63) is 23.2 Å². The average molecular weight is 412 g/mol. The molecular formula is C19H26ClN3O3S. The van der Waals surface area contributed by atoms with E-state index in [2.05, 4.69) is 15.6 Å². The van der Waals surface area contributed by atoms with E-state index in [4.69, 9.17) is 16.3 Å². The second-order valence-electron chi connectivity index (χ2n) is 7.27. The van der Waals surface area contributed by atoms with Crippen molar-refractivity contribution in [2.45, 2.75) is 58.5 Å². The van der Waals surface area contributed by atoms with Gasteiger partial charge in [0.15, 0.2) is 5.13 Å². The van der Waals surface area contributed by atoms with Crippen LogP contribution in [0.1, 0.15) is 52.9 Å². The van der Waals surface area contributed by atoms with Crippen LogP contribution in [0.15, 0.2) is 18.2 Å². The lowest BCUT2D eigenvalue weighted by Crippen LogP contribution is -2.32. The lowest BCUT2D eigenvalue weighted by Gasteiger charge is -2.19. The van der Waals surface area contributed by atoms with E-state index < -0.39 is 5.60 Å². The number of nitrogens with zero attached hydrogens (tertiary/aromatic N) is 1. The van der Waals surface area contributed by atoms with Crippen molar-refractivity contribution in [2.75, 3.05) is 11.9 Å². The monoisotopic (exact) mass is 411 g/mol. The summed E-state index contributed by atoms with van der Waals surface area (Å²) in [6.45, 7) is 6.08. The van der Waals surface area contributed by atoms with Gasteiger partial charge in [0, 0.05) is 18.0 Å². The third-order valence-corrected chi connectivity index (χ3v) is 4.76. The Bertz CT molecular complexity index is 786. The van der Waals surface area contributed by atoms with Crippen LogP contribution in [0.2, 0.25) is 5.02 Å². The molecule has 0 radical (unpaired) electrons. The van der Waals surface area contributed by atoms with Gasteiger partial charge in [0.05, 0.1) is 10.2 Å². The molecule has 0 saturated heterocycles. The molecule has 0 aliphatic carbocycles. The average Bonchev–Trinajstić information content (AvgIpc) is 2.93. The molecule has 0 fully saturated rings. The minimum absolute atomic E-state index is 0.0352. The molecule has 2 rings (SSSR count). The van der Waals surface area contributed by atoms with Crippen LogP contribution in [0.5, 0.6) is 0 Å². The molecule has 0 spiro atoms. The van der Waals surface area contributed by atoms with Crippen LogP contribution < -0.4 is 10.6 Å². The molecule has 27 heavy (non-hydrogen) atoms. The molecule has 0 atom stereocenters. The smallest absolute Gasteiger partial charge is 0.407 e. The third kappa shape index (κ3) is 8.13. The zero-order chi connectivity index (χ0) is 19.9. The summed E-state index contributed by atoms with van der Waals surface area (Å²) in [5, 5.41) is 6.83. The molecule has 2 aromatic rings. The van der Waals surface area contributed by atoms with E-state index in [1.54, 1.807) is 6.07 Å². The topological polar surface area (TPSA) is 80.3 Å². The van der Waals surface area contributed by atoms with E-state index in [0.29, 0.717) is 23.1 Å². The maximum absolute atomic E-state index is 12.0. The lowest BCUT2D eigenvalue weighted by molar-refractivity contribution is -0.116. The number of nitrogens with one attached hydrogen (secondary N) is 2. The number of alkyl carbamates (subject to hydrolysis) is 1. The number of hydrogen-bond donors (Lipinski definition) is 2. The Morgan fingerprint density at radius 2 is 1.93 bits per heavy atom. The van der Waals surface area contributed by atoms with E-state index in [0.717, 1.165) is 35.9 Å². The Morgan fingerprint density at radius 3 is 2.67 bits per heavy atom. The second kappa shape index (κ2) is 9.90. The number of carbonyl (C=O) groups excluding carboxylic acids is 2. The zero-order valence-electron chi connectivity index (χ0n) is 15.9. The maximum Gasteiger partial charge on any atom is 0.407 e. The lowest BCUT2D eigenvalue weighted by atomic mass is 10.1. The van der Waals surface area contributed by atoms with E-state index >= 15 is 0 Å². The van der Waals surface area contributed by atoms with Crippen LogP contribution >= 0.6 is 22.9 Å². The molecule has 0 unspecified atom stereocenters. The van der Waals surface area contributed by atoms with Crippen LogP contribution in [-0.4, -0.2) is 29.1 Å². The fourth-order valence-corrected chi connectivity index (χ4v) is 3.56. The first kappa shape index (κ1) is 21.4. The molecule has 148 valence electrons. The SMILES string of the molecule is CC(C)(C)OC(=O)NCCCCCCC(=O)Nc1nc2ccc(Cl)cc2s1. The summed E-state index contributed by atoms with van der Waals surface area (Å²) in [5.74, 6) is -0.0352. The number of aromatic nitrogens is 1. The standard InChI is InChI=1S/C19H26ClN3O3S/c1-19(2,3)26-18(25)21-11-7-5-4-6-8-16(24)23-17-22-14-10-9-13(20)12-15(14)27-17/h9-10,12H,4-8,11H2,1-3H3,(H,21,25)(H,22,23,24). The van der Waals surface area contributed by atoms with Gasteiger partial charge in [-0.1, -0.05) is 35.8 Å². The Hall–Kier alpha value is -1.86. The van der Waals surface area contributed by atoms with Gasteiger partial charge in [0.25, 0.3) is 0 Å².